The van der Waals surface area contributed by atoms with Crippen molar-refractivity contribution < 1.29 is 14.4 Å². The van der Waals surface area contributed by atoms with Crippen LogP contribution in [0.1, 0.15) is 16.7 Å². The zero-order chi connectivity index (χ0) is 28.3. The molecule has 0 aliphatic rings. The zero-order valence-electron chi connectivity index (χ0n) is 22.7. The number of amides is 6. The molecule has 0 fully saturated rings. The van der Waals surface area contributed by atoms with Crippen LogP contribution < -0.4 is 31.9 Å². The molecule has 3 aromatic rings. The Morgan fingerprint density at radius 3 is 0.975 bits per heavy atom. The van der Waals surface area contributed by atoms with Crippen molar-refractivity contribution in [3.63, 3.8) is 0 Å². The number of hydrogen-bond donors (Lipinski definition) is 6. The Hall–Kier alpha value is -4.57. The highest BCUT2D eigenvalue weighted by Crippen LogP contribution is 1.98. The van der Waals surface area contributed by atoms with E-state index in [-0.39, 0.29) is 18.1 Å². The second-order valence-corrected chi connectivity index (χ2v) is 9.13. The summed E-state index contributed by atoms with van der Waals surface area (Å²) in [6.07, 6.45) is 0. The minimum atomic E-state index is -0.249. The van der Waals surface area contributed by atoms with E-state index in [1.165, 1.54) is 0 Å². The third kappa shape index (κ3) is 12.8. The van der Waals surface area contributed by atoms with Crippen LogP contribution in [0.25, 0.3) is 0 Å². The summed E-state index contributed by atoms with van der Waals surface area (Å²) in [4.78, 5) is 38.7. The van der Waals surface area contributed by atoms with Gasteiger partial charge in [-0.2, -0.15) is 0 Å². The maximum absolute atomic E-state index is 12.2. The van der Waals surface area contributed by atoms with Gasteiger partial charge in [-0.05, 0) is 16.7 Å². The lowest BCUT2D eigenvalue weighted by molar-refractivity contribution is 0.227. The number of urea groups is 3. The molecule has 0 aromatic heterocycles. The molecule has 0 aliphatic heterocycles. The average Bonchev–Trinajstić information content (AvgIpc) is 2.99. The monoisotopic (exact) mass is 545 g/mol. The van der Waals surface area contributed by atoms with Crippen molar-refractivity contribution in [3.8, 4) is 0 Å². The fourth-order valence-corrected chi connectivity index (χ4v) is 3.84. The third-order valence-electron chi connectivity index (χ3n) is 6.03. The van der Waals surface area contributed by atoms with Gasteiger partial charge in [-0.15, -0.1) is 0 Å². The number of carbonyl (C=O) groups excluding carboxylic acids is 3. The summed E-state index contributed by atoms with van der Waals surface area (Å²) in [6.45, 7) is 4.25. The number of carbonyl (C=O) groups is 3. The van der Waals surface area contributed by atoms with Crippen molar-refractivity contribution in [1.29, 1.82) is 0 Å². The van der Waals surface area contributed by atoms with Crippen LogP contribution in [0.15, 0.2) is 91.0 Å². The Balaban J connectivity index is 1.37. The van der Waals surface area contributed by atoms with E-state index >= 15 is 0 Å². The van der Waals surface area contributed by atoms with Crippen LogP contribution in [0.2, 0.25) is 0 Å². The molecule has 0 unspecified atom stereocenters. The Morgan fingerprint density at radius 1 is 0.425 bits per heavy atom. The van der Waals surface area contributed by atoms with E-state index in [1.54, 1.807) is 0 Å². The van der Waals surface area contributed by atoms with E-state index in [1.807, 2.05) is 91.0 Å². The van der Waals surface area contributed by atoms with Gasteiger partial charge in [-0.1, -0.05) is 91.0 Å². The van der Waals surface area contributed by atoms with E-state index < -0.39 is 0 Å². The SMILES string of the molecule is O=C(NCCN(CCNC(=O)NCc1ccccc1)CCNC(=O)NCc1ccccc1)NCc1ccccc1. The predicted octanol–water partition coefficient (Wildman–Crippen LogP) is 2.79. The maximum Gasteiger partial charge on any atom is 0.315 e. The van der Waals surface area contributed by atoms with Crippen molar-refractivity contribution in [3.05, 3.63) is 108 Å². The lowest BCUT2D eigenvalue weighted by Crippen LogP contribution is -2.46. The van der Waals surface area contributed by atoms with Crippen LogP contribution >= 0.6 is 0 Å². The van der Waals surface area contributed by atoms with Crippen LogP contribution in [0, 0.1) is 0 Å². The molecule has 6 amide bonds. The number of hydrogen-bond acceptors (Lipinski definition) is 4. The number of nitrogens with one attached hydrogen (secondary N) is 6. The van der Waals surface area contributed by atoms with E-state index in [0.717, 1.165) is 16.7 Å². The first-order chi connectivity index (χ1) is 19.6. The molecule has 0 spiro atoms. The summed E-state index contributed by atoms with van der Waals surface area (Å²) in [6, 6.07) is 28.3. The molecule has 6 N–H and O–H groups in total. The minimum absolute atomic E-state index is 0.249. The van der Waals surface area contributed by atoms with Crippen molar-refractivity contribution in [2.45, 2.75) is 19.6 Å². The molecule has 10 nitrogen and oxygen atoms in total. The summed E-state index contributed by atoms with van der Waals surface area (Å²) < 4.78 is 0. The molecule has 0 atom stereocenters. The van der Waals surface area contributed by atoms with Crippen molar-refractivity contribution in [2.75, 3.05) is 39.3 Å². The first-order valence-corrected chi connectivity index (χ1v) is 13.5. The maximum atomic E-state index is 12.2. The Bertz CT molecular complexity index is 1000. The van der Waals surface area contributed by atoms with Gasteiger partial charge in [-0.3, -0.25) is 4.90 Å². The molecule has 10 heteroatoms. The highest BCUT2D eigenvalue weighted by molar-refractivity contribution is 5.74. The molecule has 212 valence electrons. The van der Waals surface area contributed by atoms with Gasteiger partial charge in [-0.25, -0.2) is 14.4 Å². The molecule has 3 rings (SSSR count). The largest absolute Gasteiger partial charge is 0.337 e. The number of rotatable bonds is 15. The Morgan fingerprint density at radius 2 is 0.700 bits per heavy atom. The molecule has 0 bridgehead atoms. The zero-order valence-corrected chi connectivity index (χ0v) is 22.7. The molecule has 0 heterocycles. The Kier molecular flexibility index (Phi) is 13.4. The van der Waals surface area contributed by atoms with Gasteiger partial charge in [0.25, 0.3) is 0 Å². The normalized spacial score (nSPS) is 10.4. The molecule has 0 radical (unpaired) electrons. The van der Waals surface area contributed by atoms with Gasteiger partial charge in [0.15, 0.2) is 0 Å². The van der Waals surface area contributed by atoms with Gasteiger partial charge in [0.1, 0.15) is 0 Å². The highest BCUT2D eigenvalue weighted by atomic mass is 16.2. The molecule has 40 heavy (non-hydrogen) atoms. The second-order valence-electron chi connectivity index (χ2n) is 9.13. The minimum Gasteiger partial charge on any atom is -0.337 e. The van der Waals surface area contributed by atoms with Gasteiger partial charge in [0, 0.05) is 58.9 Å². The van der Waals surface area contributed by atoms with E-state index in [9.17, 15) is 14.4 Å². The van der Waals surface area contributed by atoms with E-state index in [0.29, 0.717) is 58.9 Å². The number of benzene rings is 3. The lowest BCUT2D eigenvalue weighted by Gasteiger charge is -2.23. The standard InChI is InChI=1S/C30H39N7O3/c38-28(34-22-25-10-4-1-5-11-25)31-16-19-37(20-17-32-29(39)35-23-26-12-6-2-7-13-26)21-18-33-30(40)36-24-27-14-8-3-9-15-27/h1-15H,16-24H2,(H2,31,34,38)(H2,32,35,39)(H2,33,36,40). The fraction of sp³-hybridized carbons (Fsp3) is 0.300. The summed E-state index contributed by atoms with van der Waals surface area (Å²) in [7, 11) is 0. The smallest absolute Gasteiger partial charge is 0.315 e. The lowest BCUT2D eigenvalue weighted by atomic mass is 10.2. The van der Waals surface area contributed by atoms with Crippen LogP contribution in [0.4, 0.5) is 14.4 Å². The molecule has 0 saturated carbocycles. The summed E-state index contributed by atoms with van der Waals surface area (Å²) in [5, 5.41) is 17.1. The molecular weight excluding hydrogens is 506 g/mol. The average molecular weight is 546 g/mol. The Labute approximate surface area is 235 Å². The molecular formula is C30H39N7O3. The van der Waals surface area contributed by atoms with Gasteiger partial charge >= 0.3 is 18.1 Å². The second kappa shape index (κ2) is 17.8. The van der Waals surface area contributed by atoms with Crippen LogP contribution in [0.3, 0.4) is 0 Å². The van der Waals surface area contributed by atoms with Gasteiger partial charge < -0.3 is 31.9 Å². The quantitative estimate of drug-likeness (QED) is 0.176. The van der Waals surface area contributed by atoms with Crippen LogP contribution in [-0.4, -0.2) is 62.3 Å². The van der Waals surface area contributed by atoms with Crippen LogP contribution in [-0.2, 0) is 19.6 Å². The van der Waals surface area contributed by atoms with E-state index in [2.05, 4.69) is 36.8 Å². The first kappa shape index (κ1) is 30.0. The van der Waals surface area contributed by atoms with Crippen LogP contribution in [0.5, 0.6) is 0 Å². The fourth-order valence-electron chi connectivity index (χ4n) is 3.84. The van der Waals surface area contributed by atoms with Crippen molar-refractivity contribution in [2.24, 2.45) is 0 Å². The molecule has 0 saturated heterocycles. The molecule has 0 aliphatic carbocycles. The predicted molar refractivity (Wildman–Crippen MR) is 156 cm³/mol. The summed E-state index contributed by atoms with van der Waals surface area (Å²) in [5.41, 5.74) is 3.06. The topological polar surface area (TPSA) is 127 Å². The summed E-state index contributed by atoms with van der Waals surface area (Å²) >= 11 is 0. The van der Waals surface area contributed by atoms with E-state index in [4.69, 9.17) is 0 Å². The summed E-state index contributed by atoms with van der Waals surface area (Å²) in [5.74, 6) is 0. The van der Waals surface area contributed by atoms with Crippen molar-refractivity contribution in [1.82, 2.24) is 36.8 Å². The first-order valence-electron chi connectivity index (χ1n) is 13.5. The third-order valence-corrected chi connectivity index (χ3v) is 6.03. The molecule has 3 aromatic carbocycles. The highest BCUT2D eigenvalue weighted by Gasteiger charge is 2.09. The van der Waals surface area contributed by atoms with Crippen molar-refractivity contribution >= 4 is 18.1 Å². The van der Waals surface area contributed by atoms with Gasteiger partial charge in [0.05, 0.1) is 0 Å². The number of nitrogens with zero attached hydrogens (tertiary/aromatic N) is 1. The van der Waals surface area contributed by atoms with Gasteiger partial charge in [0.2, 0.25) is 0 Å².